The van der Waals surface area contributed by atoms with Gasteiger partial charge in [-0.2, -0.15) is 0 Å². The molecule has 0 aliphatic heterocycles. The van der Waals surface area contributed by atoms with E-state index < -0.39 is 27.8 Å². The molecule has 2 aliphatic carbocycles. The maximum atomic E-state index is 12.0. The Morgan fingerprint density at radius 1 is 1.20 bits per heavy atom. The molecule has 0 amide bonds. The van der Waals surface area contributed by atoms with Crippen molar-refractivity contribution in [3.63, 3.8) is 0 Å². The molecule has 0 spiro atoms. The first-order valence-corrected chi connectivity index (χ1v) is 9.02. The van der Waals surface area contributed by atoms with Crippen molar-refractivity contribution in [2.24, 2.45) is 17.6 Å². The maximum Gasteiger partial charge on any atom is 0.321 e. The molecule has 4 atom stereocenters. The SMILES string of the molecule is N[C@@H](CS(=O)(=O)NC1CCCC2CCCCC21)C(=O)O. The molecule has 2 fully saturated rings. The molecule has 6 nitrogen and oxygen atoms in total. The monoisotopic (exact) mass is 304 g/mol. The van der Waals surface area contributed by atoms with E-state index in [4.69, 9.17) is 10.8 Å². The lowest BCUT2D eigenvalue weighted by molar-refractivity contribution is -0.137. The number of carboxylic acids is 1. The summed E-state index contributed by atoms with van der Waals surface area (Å²) < 4.78 is 26.8. The van der Waals surface area contributed by atoms with Gasteiger partial charge in [-0.05, 0) is 24.7 Å². The highest BCUT2D eigenvalue weighted by molar-refractivity contribution is 7.89. The Morgan fingerprint density at radius 3 is 2.55 bits per heavy atom. The van der Waals surface area contributed by atoms with Crippen LogP contribution in [0, 0.1) is 11.8 Å². The lowest BCUT2D eigenvalue weighted by Gasteiger charge is -2.41. The van der Waals surface area contributed by atoms with Crippen LogP contribution in [0.4, 0.5) is 0 Å². The summed E-state index contributed by atoms with van der Waals surface area (Å²) in [6.07, 6.45) is 7.75. The van der Waals surface area contributed by atoms with E-state index in [1.807, 2.05) is 0 Å². The van der Waals surface area contributed by atoms with Gasteiger partial charge in [-0.1, -0.05) is 32.1 Å². The van der Waals surface area contributed by atoms with Crippen molar-refractivity contribution in [1.29, 1.82) is 0 Å². The molecule has 0 aromatic rings. The van der Waals surface area contributed by atoms with Crippen molar-refractivity contribution in [3.8, 4) is 0 Å². The highest BCUT2D eigenvalue weighted by Crippen LogP contribution is 2.40. The van der Waals surface area contributed by atoms with Crippen LogP contribution in [0.15, 0.2) is 0 Å². The number of hydrogen-bond donors (Lipinski definition) is 3. The molecule has 0 radical (unpaired) electrons. The Morgan fingerprint density at radius 2 is 1.85 bits per heavy atom. The second-order valence-corrected chi connectivity index (χ2v) is 7.89. The van der Waals surface area contributed by atoms with Gasteiger partial charge in [-0.15, -0.1) is 0 Å². The molecule has 20 heavy (non-hydrogen) atoms. The molecular weight excluding hydrogens is 280 g/mol. The zero-order valence-electron chi connectivity index (χ0n) is 11.6. The summed E-state index contributed by atoms with van der Waals surface area (Å²) in [7, 11) is -3.63. The van der Waals surface area contributed by atoms with Crippen LogP contribution >= 0.6 is 0 Å². The second kappa shape index (κ2) is 6.41. The fourth-order valence-electron chi connectivity index (χ4n) is 3.67. The van der Waals surface area contributed by atoms with Crippen LogP contribution in [-0.4, -0.2) is 37.3 Å². The van der Waals surface area contributed by atoms with Gasteiger partial charge in [-0.25, -0.2) is 13.1 Å². The van der Waals surface area contributed by atoms with Gasteiger partial charge in [0.15, 0.2) is 0 Å². The van der Waals surface area contributed by atoms with Crippen molar-refractivity contribution in [3.05, 3.63) is 0 Å². The summed E-state index contributed by atoms with van der Waals surface area (Å²) in [4.78, 5) is 10.7. The minimum Gasteiger partial charge on any atom is -0.480 e. The summed E-state index contributed by atoms with van der Waals surface area (Å²) in [6.45, 7) is 0. The predicted molar refractivity (Wildman–Crippen MR) is 75.6 cm³/mol. The highest BCUT2D eigenvalue weighted by atomic mass is 32.2. The molecule has 0 bridgehead atoms. The average molecular weight is 304 g/mol. The van der Waals surface area contributed by atoms with E-state index in [1.165, 1.54) is 19.3 Å². The van der Waals surface area contributed by atoms with Crippen molar-refractivity contribution < 1.29 is 18.3 Å². The number of fused-ring (bicyclic) bond motifs is 1. The van der Waals surface area contributed by atoms with Crippen molar-refractivity contribution in [1.82, 2.24) is 4.72 Å². The third kappa shape index (κ3) is 3.93. The molecule has 0 saturated heterocycles. The van der Waals surface area contributed by atoms with Crippen LogP contribution in [0.25, 0.3) is 0 Å². The number of carboxylic acid groups (broad SMARTS) is 1. The van der Waals surface area contributed by atoms with Gasteiger partial charge in [0.1, 0.15) is 6.04 Å². The summed E-state index contributed by atoms with van der Waals surface area (Å²) in [5.74, 6) is -0.794. The Hall–Kier alpha value is -0.660. The lowest BCUT2D eigenvalue weighted by Crippen LogP contribution is -2.49. The molecule has 0 aromatic heterocycles. The summed E-state index contributed by atoms with van der Waals surface area (Å²) in [6, 6.07) is -1.40. The molecule has 0 aromatic carbocycles. The van der Waals surface area contributed by atoms with E-state index in [-0.39, 0.29) is 6.04 Å². The van der Waals surface area contributed by atoms with Crippen molar-refractivity contribution in [2.75, 3.05) is 5.75 Å². The number of sulfonamides is 1. The Labute approximate surface area is 120 Å². The van der Waals surface area contributed by atoms with E-state index in [2.05, 4.69) is 4.72 Å². The topological polar surface area (TPSA) is 109 Å². The van der Waals surface area contributed by atoms with E-state index in [9.17, 15) is 13.2 Å². The van der Waals surface area contributed by atoms with Gasteiger partial charge in [0.25, 0.3) is 0 Å². The molecule has 116 valence electrons. The standard InChI is InChI=1S/C13H24N2O4S/c14-11(13(16)17)8-20(18,19)15-12-7-3-5-9-4-1-2-6-10(9)12/h9-12,15H,1-8,14H2,(H,16,17)/t9?,10?,11-,12?/m0/s1. The molecule has 0 heterocycles. The van der Waals surface area contributed by atoms with Crippen LogP contribution in [0.1, 0.15) is 44.9 Å². The highest BCUT2D eigenvalue weighted by Gasteiger charge is 2.37. The van der Waals surface area contributed by atoms with Crippen LogP contribution in [-0.2, 0) is 14.8 Å². The normalized spacial score (nSPS) is 32.4. The van der Waals surface area contributed by atoms with E-state index in [0.717, 1.165) is 25.7 Å². The second-order valence-electron chi connectivity index (χ2n) is 6.09. The van der Waals surface area contributed by atoms with Crippen LogP contribution in [0.5, 0.6) is 0 Å². The van der Waals surface area contributed by atoms with Crippen LogP contribution in [0.2, 0.25) is 0 Å². The smallest absolute Gasteiger partial charge is 0.321 e. The number of hydrogen-bond acceptors (Lipinski definition) is 4. The van der Waals surface area contributed by atoms with Crippen LogP contribution < -0.4 is 10.5 Å². The molecule has 7 heteroatoms. The number of nitrogens with one attached hydrogen (secondary N) is 1. The van der Waals surface area contributed by atoms with E-state index in [1.54, 1.807) is 0 Å². The van der Waals surface area contributed by atoms with E-state index >= 15 is 0 Å². The zero-order chi connectivity index (χ0) is 14.8. The summed E-state index contributed by atoms with van der Waals surface area (Å²) >= 11 is 0. The lowest BCUT2D eigenvalue weighted by atomic mass is 9.69. The molecule has 2 saturated carbocycles. The fraction of sp³-hybridized carbons (Fsp3) is 0.923. The van der Waals surface area contributed by atoms with Gasteiger partial charge >= 0.3 is 5.97 Å². The number of carbonyl (C=O) groups is 1. The van der Waals surface area contributed by atoms with Gasteiger partial charge < -0.3 is 10.8 Å². The van der Waals surface area contributed by atoms with Gasteiger partial charge in [0.2, 0.25) is 10.0 Å². The number of aliphatic carboxylic acids is 1. The minimum absolute atomic E-state index is 0.0416. The first kappa shape index (κ1) is 15.7. The third-order valence-electron chi connectivity index (χ3n) is 4.62. The molecule has 2 rings (SSSR count). The molecule has 4 N–H and O–H groups in total. The Balaban J connectivity index is 1.98. The molecule has 3 unspecified atom stereocenters. The third-order valence-corrected chi connectivity index (χ3v) is 6.08. The van der Waals surface area contributed by atoms with E-state index in [0.29, 0.717) is 11.8 Å². The van der Waals surface area contributed by atoms with Gasteiger partial charge in [0.05, 0.1) is 5.75 Å². The minimum atomic E-state index is -3.63. The average Bonchev–Trinajstić information content (AvgIpc) is 2.38. The quantitative estimate of drug-likeness (QED) is 0.692. The predicted octanol–water partition coefficient (Wildman–Crippen LogP) is 0.677. The number of rotatable bonds is 5. The number of nitrogens with two attached hydrogens (primary N) is 1. The van der Waals surface area contributed by atoms with Gasteiger partial charge in [0, 0.05) is 6.04 Å². The zero-order valence-corrected chi connectivity index (χ0v) is 12.4. The van der Waals surface area contributed by atoms with Crippen molar-refractivity contribution >= 4 is 16.0 Å². The Kier molecular flexibility index (Phi) is 5.04. The fourth-order valence-corrected chi connectivity index (χ4v) is 5.14. The van der Waals surface area contributed by atoms with Crippen molar-refractivity contribution in [2.45, 2.75) is 57.0 Å². The van der Waals surface area contributed by atoms with Crippen LogP contribution in [0.3, 0.4) is 0 Å². The molecular formula is C13H24N2O4S. The largest absolute Gasteiger partial charge is 0.480 e. The maximum absolute atomic E-state index is 12.0. The Bertz CT molecular complexity index is 449. The van der Waals surface area contributed by atoms with Gasteiger partial charge in [-0.3, -0.25) is 4.79 Å². The summed E-state index contributed by atoms with van der Waals surface area (Å²) in [5.41, 5.74) is 5.32. The summed E-state index contributed by atoms with van der Waals surface area (Å²) in [5, 5.41) is 8.72. The first-order valence-electron chi connectivity index (χ1n) is 7.37. The first-order chi connectivity index (χ1) is 9.39. The molecule has 2 aliphatic rings.